The standard InChI is InChI=1S/C19H41NSi/c1-8-9-10-17-11-13-19(14-12-17,16-21(5,6)7)15-20-18(2,3)4/h17,20H,8-16H2,1-7H3. The Hall–Kier alpha value is 0.177. The maximum Gasteiger partial charge on any atom is 0.0448 e. The first-order chi connectivity index (χ1) is 9.55. The van der Waals surface area contributed by atoms with Crippen molar-refractivity contribution in [1.29, 1.82) is 0 Å². The maximum atomic E-state index is 3.84. The van der Waals surface area contributed by atoms with Crippen molar-refractivity contribution in [2.24, 2.45) is 11.3 Å². The average molecular weight is 312 g/mol. The molecule has 1 nitrogen and oxygen atoms in total. The molecule has 1 fully saturated rings. The van der Waals surface area contributed by atoms with E-state index in [9.17, 15) is 0 Å². The first-order valence-corrected chi connectivity index (χ1v) is 13.0. The summed E-state index contributed by atoms with van der Waals surface area (Å²) in [6.45, 7) is 18.1. The van der Waals surface area contributed by atoms with E-state index in [1.807, 2.05) is 0 Å². The Bertz CT molecular complexity index is 290. The number of unbranched alkanes of at least 4 members (excludes halogenated alkanes) is 1. The van der Waals surface area contributed by atoms with Crippen LogP contribution in [0.2, 0.25) is 25.7 Å². The molecule has 1 aliphatic carbocycles. The fourth-order valence-corrected chi connectivity index (χ4v) is 6.79. The predicted molar refractivity (Wildman–Crippen MR) is 99.8 cm³/mol. The van der Waals surface area contributed by atoms with Gasteiger partial charge in [-0.2, -0.15) is 0 Å². The van der Waals surface area contributed by atoms with E-state index in [0.717, 1.165) is 5.92 Å². The third-order valence-corrected chi connectivity index (χ3v) is 6.84. The Morgan fingerprint density at radius 1 is 1.10 bits per heavy atom. The van der Waals surface area contributed by atoms with Gasteiger partial charge in [0.25, 0.3) is 0 Å². The lowest BCUT2D eigenvalue weighted by Crippen LogP contribution is -2.48. The van der Waals surface area contributed by atoms with Gasteiger partial charge in [-0.1, -0.05) is 51.9 Å². The molecule has 1 rings (SSSR count). The molecule has 0 spiro atoms. The van der Waals surface area contributed by atoms with Gasteiger partial charge in [0, 0.05) is 20.2 Å². The van der Waals surface area contributed by atoms with Gasteiger partial charge in [0.15, 0.2) is 0 Å². The quantitative estimate of drug-likeness (QED) is 0.562. The van der Waals surface area contributed by atoms with Gasteiger partial charge in [-0.05, 0) is 57.8 Å². The van der Waals surface area contributed by atoms with E-state index in [1.165, 1.54) is 57.5 Å². The highest BCUT2D eigenvalue weighted by molar-refractivity contribution is 6.76. The summed E-state index contributed by atoms with van der Waals surface area (Å²) in [5.74, 6) is 1.02. The highest BCUT2D eigenvalue weighted by atomic mass is 28.3. The topological polar surface area (TPSA) is 12.0 Å². The van der Waals surface area contributed by atoms with Crippen LogP contribution in [0.25, 0.3) is 0 Å². The lowest BCUT2D eigenvalue weighted by Gasteiger charge is -2.45. The smallest absolute Gasteiger partial charge is 0.0448 e. The van der Waals surface area contributed by atoms with Crippen LogP contribution in [0.5, 0.6) is 0 Å². The SMILES string of the molecule is CCCCC1CCC(CNC(C)(C)C)(C[Si](C)(C)C)CC1. The molecule has 0 bridgehead atoms. The minimum Gasteiger partial charge on any atom is -0.312 e. The molecule has 2 heteroatoms. The van der Waals surface area contributed by atoms with Crippen molar-refractivity contribution in [2.75, 3.05) is 6.54 Å². The fraction of sp³-hybridized carbons (Fsp3) is 1.00. The van der Waals surface area contributed by atoms with Gasteiger partial charge in [0.2, 0.25) is 0 Å². The summed E-state index contributed by atoms with van der Waals surface area (Å²) in [7, 11) is -1.00. The van der Waals surface area contributed by atoms with Crippen LogP contribution in [0, 0.1) is 11.3 Å². The molecular weight excluding hydrogens is 270 g/mol. The zero-order valence-corrected chi connectivity index (χ0v) is 16.9. The monoisotopic (exact) mass is 311 g/mol. The Morgan fingerprint density at radius 3 is 2.10 bits per heavy atom. The summed E-state index contributed by atoms with van der Waals surface area (Å²) in [5.41, 5.74) is 0.853. The second-order valence-corrected chi connectivity index (χ2v) is 15.4. The van der Waals surface area contributed by atoms with Crippen LogP contribution in [0.1, 0.15) is 72.6 Å². The highest BCUT2D eigenvalue weighted by Gasteiger charge is 2.39. The van der Waals surface area contributed by atoms with E-state index >= 15 is 0 Å². The number of hydrogen-bond donors (Lipinski definition) is 1. The van der Waals surface area contributed by atoms with E-state index in [0.29, 0.717) is 5.41 Å². The second kappa shape index (κ2) is 7.63. The summed E-state index contributed by atoms with van der Waals surface area (Å²) in [6.07, 6.45) is 10.2. The molecular formula is C19H41NSi. The number of nitrogens with one attached hydrogen (secondary N) is 1. The van der Waals surface area contributed by atoms with Crippen molar-refractivity contribution < 1.29 is 0 Å². The molecule has 1 N–H and O–H groups in total. The predicted octanol–water partition coefficient (Wildman–Crippen LogP) is 6.08. The van der Waals surface area contributed by atoms with Gasteiger partial charge in [-0.15, -0.1) is 0 Å². The number of rotatable bonds is 7. The summed E-state index contributed by atoms with van der Waals surface area (Å²) in [5, 5.41) is 3.84. The van der Waals surface area contributed by atoms with Crippen LogP contribution in [-0.4, -0.2) is 20.2 Å². The van der Waals surface area contributed by atoms with Gasteiger partial charge in [0.05, 0.1) is 0 Å². The largest absolute Gasteiger partial charge is 0.312 e. The highest BCUT2D eigenvalue weighted by Crippen LogP contribution is 2.45. The Kier molecular flexibility index (Phi) is 6.99. The van der Waals surface area contributed by atoms with E-state index < -0.39 is 8.07 Å². The normalized spacial score (nSPS) is 27.9. The van der Waals surface area contributed by atoms with Gasteiger partial charge >= 0.3 is 0 Å². The summed E-state index contributed by atoms with van der Waals surface area (Å²) in [4.78, 5) is 0. The molecule has 0 unspecified atom stereocenters. The van der Waals surface area contributed by atoms with Gasteiger partial charge in [-0.25, -0.2) is 0 Å². The van der Waals surface area contributed by atoms with Gasteiger partial charge in [-0.3, -0.25) is 0 Å². The zero-order chi connectivity index (χ0) is 16.1. The molecule has 0 heterocycles. The molecule has 0 aromatic heterocycles. The van der Waals surface area contributed by atoms with Crippen LogP contribution in [0.15, 0.2) is 0 Å². The van der Waals surface area contributed by atoms with Crippen molar-refractivity contribution in [3.8, 4) is 0 Å². The average Bonchev–Trinajstić information content (AvgIpc) is 2.33. The fourth-order valence-electron chi connectivity index (χ4n) is 4.07. The van der Waals surface area contributed by atoms with E-state index in [1.54, 1.807) is 0 Å². The molecule has 1 saturated carbocycles. The van der Waals surface area contributed by atoms with Gasteiger partial charge < -0.3 is 5.32 Å². The molecule has 0 radical (unpaired) electrons. The first kappa shape index (κ1) is 19.2. The van der Waals surface area contributed by atoms with Crippen LogP contribution in [0.3, 0.4) is 0 Å². The minimum absolute atomic E-state index is 0.255. The molecule has 0 amide bonds. The Morgan fingerprint density at radius 2 is 1.67 bits per heavy atom. The molecule has 0 saturated heterocycles. The molecule has 126 valence electrons. The van der Waals surface area contributed by atoms with Crippen LogP contribution < -0.4 is 5.32 Å². The lowest BCUT2D eigenvalue weighted by atomic mass is 9.70. The Labute approximate surface area is 135 Å². The molecule has 0 aliphatic heterocycles. The van der Waals surface area contributed by atoms with E-state index in [2.05, 4.69) is 52.7 Å². The van der Waals surface area contributed by atoms with Crippen LogP contribution in [-0.2, 0) is 0 Å². The van der Waals surface area contributed by atoms with Crippen molar-refractivity contribution in [2.45, 2.75) is 104 Å². The first-order valence-electron chi connectivity index (χ1n) is 9.30. The van der Waals surface area contributed by atoms with E-state index in [-0.39, 0.29) is 5.54 Å². The number of hydrogen-bond acceptors (Lipinski definition) is 1. The summed E-state index contributed by atoms with van der Waals surface area (Å²) in [6, 6.07) is 1.50. The molecule has 0 aromatic rings. The van der Waals surface area contributed by atoms with E-state index in [4.69, 9.17) is 0 Å². The molecule has 0 atom stereocenters. The molecule has 21 heavy (non-hydrogen) atoms. The molecule has 0 aromatic carbocycles. The van der Waals surface area contributed by atoms with Gasteiger partial charge in [0.1, 0.15) is 0 Å². The molecule has 1 aliphatic rings. The van der Waals surface area contributed by atoms with Crippen molar-refractivity contribution >= 4 is 8.07 Å². The summed E-state index contributed by atoms with van der Waals surface area (Å²) < 4.78 is 0. The van der Waals surface area contributed by atoms with Crippen molar-refractivity contribution in [3.63, 3.8) is 0 Å². The van der Waals surface area contributed by atoms with Crippen molar-refractivity contribution in [3.05, 3.63) is 0 Å². The van der Waals surface area contributed by atoms with Crippen LogP contribution >= 0.6 is 0 Å². The van der Waals surface area contributed by atoms with Crippen LogP contribution in [0.4, 0.5) is 0 Å². The lowest BCUT2D eigenvalue weighted by molar-refractivity contribution is 0.146. The second-order valence-electron chi connectivity index (χ2n) is 9.93. The van der Waals surface area contributed by atoms with Crippen molar-refractivity contribution in [1.82, 2.24) is 5.32 Å². The third-order valence-electron chi connectivity index (χ3n) is 5.03. The minimum atomic E-state index is -1.00. The zero-order valence-electron chi connectivity index (χ0n) is 15.9. The Balaban J connectivity index is 2.63. The maximum absolute atomic E-state index is 3.84. The third kappa shape index (κ3) is 7.83. The summed E-state index contributed by atoms with van der Waals surface area (Å²) >= 11 is 0.